The second kappa shape index (κ2) is 7.98. The van der Waals surface area contributed by atoms with Crippen molar-refractivity contribution < 1.29 is 4.74 Å². The molecule has 1 aromatic carbocycles. The van der Waals surface area contributed by atoms with E-state index < -0.39 is 0 Å². The van der Waals surface area contributed by atoms with Gasteiger partial charge in [-0.25, -0.2) is 0 Å². The predicted molar refractivity (Wildman–Crippen MR) is 106 cm³/mol. The minimum absolute atomic E-state index is 0.538. The molecule has 0 N–H and O–H groups in total. The zero-order chi connectivity index (χ0) is 18.8. The van der Waals surface area contributed by atoms with Gasteiger partial charge in [0.25, 0.3) is 0 Å². The fourth-order valence-electron chi connectivity index (χ4n) is 4.12. The highest BCUT2D eigenvalue weighted by Gasteiger charge is 2.33. The van der Waals surface area contributed by atoms with E-state index in [1.165, 1.54) is 24.2 Å². The van der Waals surface area contributed by atoms with E-state index in [0.29, 0.717) is 12.0 Å². The molecule has 0 bridgehead atoms. The number of ether oxygens (including phenoxy) is 1. The van der Waals surface area contributed by atoms with E-state index in [1.54, 1.807) is 7.11 Å². The predicted octanol–water partition coefficient (Wildman–Crippen LogP) is 3.06. The molecule has 0 amide bonds. The topological polar surface area (TPSA) is 46.4 Å². The van der Waals surface area contributed by atoms with Crippen molar-refractivity contribution in [2.75, 3.05) is 34.3 Å². The van der Waals surface area contributed by atoms with E-state index >= 15 is 0 Å². The van der Waals surface area contributed by atoms with Crippen LogP contribution in [-0.2, 0) is 13.1 Å². The Morgan fingerprint density at radius 3 is 2.56 bits per heavy atom. The number of aromatic nitrogens is 3. The van der Waals surface area contributed by atoms with Gasteiger partial charge in [-0.2, -0.15) is 0 Å². The zero-order valence-electron chi connectivity index (χ0n) is 16.8. The number of nitrogens with zero attached hydrogens (tertiary/aromatic N) is 5. The summed E-state index contributed by atoms with van der Waals surface area (Å²) in [7, 11) is 5.93. The summed E-state index contributed by atoms with van der Waals surface area (Å²) in [6, 6.07) is 9.05. The van der Waals surface area contributed by atoms with Crippen LogP contribution in [0.5, 0.6) is 5.75 Å². The Balaban J connectivity index is 1.40. The summed E-state index contributed by atoms with van der Waals surface area (Å²) >= 11 is 0. The first-order valence-electron chi connectivity index (χ1n) is 10.1. The van der Waals surface area contributed by atoms with Gasteiger partial charge in [0.15, 0.2) is 0 Å². The molecule has 2 aromatic rings. The quantitative estimate of drug-likeness (QED) is 0.751. The minimum atomic E-state index is 0.538. The SMILES string of the molecule is COc1cccc(CN2CCC(c3nnc(CN(C)C)n3C3CC3)CC2)c1. The van der Waals surface area contributed by atoms with E-state index in [2.05, 4.69) is 56.9 Å². The Hall–Kier alpha value is -1.92. The molecule has 1 saturated heterocycles. The van der Waals surface area contributed by atoms with Crippen LogP contribution >= 0.6 is 0 Å². The van der Waals surface area contributed by atoms with Crippen LogP contribution in [0.15, 0.2) is 24.3 Å². The first kappa shape index (κ1) is 18.4. The van der Waals surface area contributed by atoms with Crippen molar-refractivity contribution >= 4 is 0 Å². The van der Waals surface area contributed by atoms with Gasteiger partial charge in [-0.1, -0.05) is 12.1 Å². The van der Waals surface area contributed by atoms with Gasteiger partial charge in [0.2, 0.25) is 0 Å². The average molecular weight is 370 g/mol. The van der Waals surface area contributed by atoms with E-state index in [4.69, 9.17) is 4.74 Å². The van der Waals surface area contributed by atoms with Crippen LogP contribution in [0.3, 0.4) is 0 Å². The maximum Gasteiger partial charge on any atom is 0.147 e. The molecule has 4 rings (SSSR count). The van der Waals surface area contributed by atoms with E-state index in [0.717, 1.165) is 50.6 Å². The Morgan fingerprint density at radius 2 is 1.89 bits per heavy atom. The molecule has 6 heteroatoms. The number of piperidine rings is 1. The second-order valence-electron chi connectivity index (χ2n) is 8.22. The molecule has 0 radical (unpaired) electrons. The van der Waals surface area contributed by atoms with Crippen LogP contribution in [0, 0.1) is 0 Å². The second-order valence-corrected chi connectivity index (χ2v) is 8.22. The van der Waals surface area contributed by atoms with Gasteiger partial charge in [0.05, 0.1) is 13.7 Å². The molecule has 0 unspecified atom stereocenters. The molecule has 2 aliphatic rings. The summed E-state index contributed by atoms with van der Waals surface area (Å²) in [5.41, 5.74) is 1.32. The highest BCUT2D eigenvalue weighted by atomic mass is 16.5. The fraction of sp³-hybridized carbons (Fsp3) is 0.619. The van der Waals surface area contributed by atoms with Gasteiger partial charge in [0, 0.05) is 18.5 Å². The van der Waals surface area contributed by atoms with Crippen LogP contribution < -0.4 is 4.74 Å². The monoisotopic (exact) mass is 369 g/mol. The minimum Gasteiger partial charge on any atom is -0.497 e. The van der Waals surface area contributed by atoms with Gasteiger partial charge < -0.3 is 14.2 Å². The molecule has 2 heterocycles. The Bertz CT molecular complexity index is 760. The molecular formula is C21H31N5O. The lowest BCUT2D eigenvalue weighted by atomic mass is 9.95. The van der Waals surface area contributed by atoms with Crippen LogP contribution in [0.2, 0.25) is 0 Å². The Kier molecular flexibility index (Phi) is 5.45. The molecule has 1 aliphatic carbocycles. The van der Waals surface area contributed by atoms with Gasteiger partial charge in [0.1, 0.15) is 17.4 Å². The Labute approximate surface area is 162 Å². The molecule has 1 aromatic heterocycles. The molecule has 1 aliphatic heterocycles. The number of hydrogen-bond acceptors (Lipinski definition) is 5. The third-order valence-electron chi connectivity index (χ3n) is 5.66. The normalized spacial score (nSPS) is 19.0. The highest BCUT2D eigenvalue weighted by molar-refractivity contribution is 5.28. The summed E-state index contributed by atoms with van der Waals surface area (Å²) in [4.78, 5) is 4.73. The number of likely N-dealkylation sites (tertiary alicyclic amines) is 1. The van der Waals surface area contributed by atoms with Crippen LogP contribution in [-0.4, -0.2) is 58.9 Å². The molecule has 27 heavy (non-hydrogen) atoms. The standard InChI is InChI=1S/C21H31N5O/c1-24(2)15-20-22-23-21(26(20)18-7-8-18)17-9-11-25(12-10-17)14-16-5-4-6-19(13-16)27-3/h4-6,13,17-18H,7-12,14-15H2,1-3H3. The summed E-state index contributed by atoms with van der Waals surface area (Å²) in [5.74, 6) is 3.84. The van der Waals surface area contributed by atoms with Crippen LogP contribution in [0.4, 0.5) is 0 Å². The number of benzene rings is 1. The van der Waals surface area contributed by atoms with Gasteiger partial charge in [-0.05, 0) is 70.6 Å². The van der Waals surface area contributed by atoms with Crippen molar-refractivity contribution in [1.29, 1.82) is 0 Å². The van der Waals surface area contributed by atoms with Crippen molar-refractivity contribution in [3.8, 4) is 5.75 Å². The molecule has 2 fully saturated rings. The lowest BCUT2D eigenvalue weighted by Crippen LogP contribution is -2.33. The fourth-order valence-corrected chi connectivity index (χ4v) is 4.12. The summed E-state index contributed by atoms with van der Waals surface area (Å²) in [5, 5.41) is 9.18. The van der Waals surface area contributed by atoms with Gasteiger partial charge in [-0.15, -0.1) is 10.2 Å². The number of hydrogen-bond donors (Lipinski definition) is 0. The lowest BCUT2D eigenvalue weighted by molar-refractivity contribution is 0.199. The van der Waals surface area contributed by atoms with Gasteiger partial charge >= 0.3 is 0 Å². The molecule has 0 spiro atoms. The first-order chi connectivity index (χ1) is 13.1. The lowest BCUT2D eigenvalue weighted by Gasteiger charge is -2.32. The third-order valence-corrected chi connectivity index (χ3v) is 5.66. The maximum absolute atomic E-state index is 5.35. The maximum atomic E-state index is 5.35. The summed E-state index contributed by atoms with van der Waals surface area (Å²) in [6.45, 7) is 4.09. The average Bonchev–Trinajstić information content (AvgIpc) is 3.43. The first-order valence-corrected chi connectivity index (χ1v) is 10.1. The van der Waals surface area contributed by atoms with Crippen molar-refractivity contribution in [2.45, 2.75) is 50.7 Å². The summed E-state index contributed by atoms with van der Waals surface area (Å²) in [6.07, 6.45) is 4.88. The third kappa shape index (κ3) is 4.33. The van der Waals surface area contributed by atoms with Crippen LogP contribution in [0.25, 0.3) is 0 Å². The zero-order valence-corrected chi connectivity index (χ0v) is 16.8. The molecular weight excluding hydrogens is 338 g/mol. The molecule has 146 valence electrons. The number of rotatable bonds is 7. The largest absolute Gasteiger partial charge is 0.497 e. The van der Waals surface area contributed by atoms with Crippen LogP contribution in [0.1, 0.15) is 54.9 Å². The van der Waals surface area contributed by atoms with Crippen molar-refractivity contribution in [2.24, 2.45) is 0 Å². The summed E-state index contributed by atoms with van der Waals surface area (Å²) < 4.78 is 7.81. The van der Waals surface area contributed by atoms with Crippen molar-refractivity contribution in [1.82, 2.24) is 24.6 Å². The van der Waals surface area contributed by atoms with E-state index in [1.807, 2.05) is 6.07 Å². The molecule has 6 nitrogen and oxygen atoms in total. The smallest absolute Gasteiger partial charge is 0.147 e. The van der Waals surface area contributed by atoms with E-state index in [9.17, 15) is 0 Å². The highest BCUT2D eigenvalue weighted by Crippen LogP contribution is 2.40. The van der Waals surface area contributed by atoms with E-state index in [-0.39, 0.29) is 0 Å². The van der Waals surface area contributed by atoms with Crippen molar-refractivity contribution in [3.63, 3.8) is 0 Å². The van der Waals surface area contributed by atoms with Crippen molar-refractivity contribution in [3.05, 3.63) is 41.5 Å². The number of methoxy groups -OCH3 is 1. The molecule has 0 atom stereocenters. The molecule has 1 saturated carbocycles. The van der Waals surface area contributed by atoms with Gasteiger partial charge in [-0.3, -0.25) is 4.90 Å². The Morgan fingerprint density at radius 1 is 1.11 bits per heavy atom.